The number of hydrogen-bond donors (Lipinski definition) is 2. The summed E-state index contributed by atoms with van der Waals surface area (Å²) in [5.74, 6) is 0.924. The smallest absolute Gasteiger partial charge is 0.321 e. The van der Waals surface area contributed by atoms with Crippen LogP contribution in [0.15, 0.2) is 0 Å². The fraction of sp³-hybridized carbons (Fsp3) is 0.429. The number of H-pyrrole nitrogens is 1. The third kappa shape index (κ3) is 3.42. The zero-order valence-electron chi connectivity index (χ0n) is 7.38. The van der Waals surface area contributed by atoms with E-state index in [1.807, 2.05) is 0 Å². The molecule has 0 bridgehead atoms. The maximum atomic E-state index is 12.0. The summed E-state index contributed by atoms with van der Waals surface area (Å²) in [4.78, 5) is 3.19. The fourth-order valence-electron chi connectivity index (χ4n) is 0.791. The van der Waals surface area contributed by atoms with Gasteiger partial charge in [0.2, 0.25) is 0 Å². The first kappa shape index (κ1) is 13.7. The van der Waals surface area contributed by atoms with Crippen LogP contribution in [0.25, 0.3) is 0 Å². The molecule has 0 saturated heterocycles. The zero-order valence-corrected chi connectivity index (χ0v) is 8.19. The van der Waals surface area contributed by atoms with Crippen molar-refractivity contribution in [1.29, 1.82) is 0 Å². The van der Waals surface area contributed by atoms with E-state index in [1.165, 1.54) is 0 Å². The van der Waals surface area contributed by atoms with E-state index in [0.29, 0.717) is 0 Å². The molecule has 0 spiro atoms. The molecule has 1 aromatic rings. The maximum absolute atomic E-state index is 12.0. The average Bonchev–Trinajstić information content (AvgIpc) is 2.51. The molecule has 0 unspecified atom stereocenters. The van der Waals surface area contributed by atoms with Crippen molar-refractivity contribution < 1.29 is 13.2 Å². The van der Waals surface area contributed by atoms with Gasteiger partial charge >= 0.3 is 6.18 Å². The van der Waals surface area contributed by atoms with Crippen LogP contribution in [0.3, 0.4) is 0 Å². The number of aromatic nitrogens is 3. The summed E-state index contributed by atoms with van der Waals surface area (Å²) < 4.78 is 36.1. The summed E-state index contributed by atoms with van der Waals surface area (Å²) in [6, 6.07) is -0.747. The molecule has 1 rings (SSSR count). The Morgan fingerprint density at radius 3 is 2.53 bits per heavy atom. The average molecular weight is 241 g/mol. The lowest BCUT2D eigenvalue weighted by atomic mass is 10.2. The molecule has 0 aliphatic carbocycles. The second-order valence-electron chi connectivity index (χ2n) is 2.56. The van der Waals surface area contributed by atoms with Crippen LogP contribution in [0.5, 0.6) is 0 Å². The first-order chi connectivity index (χ1) is 6.45. The first-order valence-corrected chi connectivity index (χ1v) is 3.63. The molecular weight excluding hydrogens is 233 g/mol. The molecule has 0 aliphatic rings. The number of halogens is 4. The molecule has 1 atom stereocenters. The highest BCUT2D eigenvalue weighted by Crippen LogP contribution is 2.26. The van der Waals surface area contributed by atoms with Gasteiger partial charge in [-0.1, -0.05) is 0 Å². The Labute approximate surface area is 89.9 Å². The van der Waals surface area contributed by atoms with Crippen molar-refractivity contribution in [2.75, 3.05) is 0 Å². The van der Waals surface area contributed by atoms with E-state index in [9.17, 15) is 13.2 Å². The number of alkyl halides is 3. The number of nitrogens with one attached hydrogen (secondary N) is 1. The molecule has 0 aromatic carbocycles. The molecule has 0 fully saturated rings. The molecule has 15 heavy (non-hydrogen) atoms. The predicted octanol–water partition coefficient (Wildman–Crippen LogP) is 1.27. The minimum atomic E-state index is -4.56. The lowest BCUT2D eigenvalue weighted by molar-refractivity contribution is -0.144. The topological polar surface area (TPSA) is 67.6 Å². The summed E-state index contributed by atoms with van der Waals surface area (Å²) >= 11 is 0. The SMILES string of the molecule is C#CC[C@H](N)c1nc(C(F)(F)F)n[nH]1.Cl. The van der Waals surface area contributed by atoms with Gasteiger partial charge in [0.05, 0.1) is 6.04 Å². The van der Waals surface area contributed by atoms with Crippen LogP contribution in [-0.4, -0.2) is 15.2 Å². The van der Waals surface area contributed by atoms with E-state index in [0.717, 1.165) is 0 Å². The quantitative estimate of drug-likeness (QED) is 0.765. The predicted molar refractivity (Wildman–Crippen MR) is 49.0 cm³/mol. The molecule has 0 amide bonds. The largest absolute Gasteiger partial charge is 0.453 e. The van der Waals surface area contributed by atoms with Gasteiger partial charge < -0.3 is 5.73 Å². The van der Waals surface area contributed by atoms with Gasteiger partial charge in [0.15, 0.2) is 0 Å². The van der Waals surface area contributed by atoms with Crippen LogP contribution in [0.4, 0.5) is 13.2 Å². The third-order valence-corrected chi connectivity index (χ3v) is 1.45. The number of rotatable bonds is 2. The van der Waals surface area contributed by atoms with E-state index in [1.54, 1.807) is 0 Å². The highest BCUT2D eigenvalue weighted by molar-refractivity contribution is 5.85. The van der Waals surface area contributed by atoms with E-state index < -0.39 is 18.0 Å². The Bertz CT molecular complexity index is 354. The molecule has 3 N–H and O–H groups in total. The van der Waals surface area contributed by atoms with E-state index >= 15 is 0 Å². The Hall–Kier alpha value is -1.26. The molecule has 4 nitrogen and oxygen atoms in total. The normalized spacial score (nSPS) is 12.7. The Morgan fingerprint density at radius 1 is 1.53 bits per heavy atom. The van der Waals surface area contributed by atoms with Crippen LogP contribution in [0.1, 0.15) is 24.1 Å². The molecule has 0 aliphatic heterocycles. The molecule has 8 heteroatoms. The standard InChI is InChI=1S/C7H7F3N4.ClH/c1-2-3-4(11)5-12-6(14-13-5)7(8,9)10;/h1,4H,3,11H2,(H,12,13,14);1H/t4-;/m0./s1. The summed E-state index contributed by atoms with van der Waals surface area (Å²) in [5.41, 5.74) is 5.42. The lowest BCUT2D eigenvalue weighted by Gasteiger charge is -2.01. The Kier molecular flexibility index (Phi) is 4.58. The summed E-state index contributed by atoms with van der Waals surface area (Å²) in [6.45, 7) is 0. The van der Waals surface area contributed by atoms with Crippen molar-refractivity contribution >= 4 is 12.4 Å². The molecule has 0 saturated carbocycles. The summed E-state index contributed by atoms with van der Waals surface area (Å²) in [5, 5.41) is 5.08. The number of terminal acetylenes is 1. The van der Waals surface area contributed by atoms with Crippen molar-refractivity contribution in [3.8, 4) is 12.3 Å². The fourth-order valence-corrected chi connectivity index (χ4v) is 0.791. The van der Waals surface area contributed by atoms with Crippen LogP contribution in [-0.2, 0) is 6.18 Å². The van der Waals surface area contributed by atoms with Crippen molar-refractivity contribution in [1.82, 2.24) is 15.2 Å². The third-order valence-electron chi connectivity index (χ3n) is 1.45. The number of aromatic amines is 1. The lowest BCUT2D eigenvalue weighted by Crippen LogP contribution is -2.12. The first-order valence-electron chi connectivity index (χ1n) is 3.63. The van der Waals surface area contributed by atoms with Gasteiger partial charge in [0.25, 0.3) is 5.82 Å². The van der Waals surface area contributed by atoms with Gasteiger partial charge in [-0.3, -0.25) is 5.10 Å². The monoisotopic (exact) mass is 240 g/mol. The summed E-state index contributed by atoms with van der Waals surface area (Å²) in [6.07, 6.45) is 0.484. The summed E-state index contributed by atoms with van der Waals surface area (Å²) in [7, 11) is 0. The molecule has 84 valence electrons. The van der Waals surface area contributed by atoms with Gasteiger partial charge in [-0.15, -0.1) is 29.8 Å². The van der Waals surface area contributed by atoms with Crippen molar-refractivity contribution in [2.24, 2.45) is 5.73 Å². The van der Waals surface area contributed by atoms with Crippen LogP contribution < -0.4 is 5.73 Å². The second kappa shape index (κ2) is 5.00. The van der Waals surface area contributed by atoms with Gasteiger partial charge in [0.1, 0.15) is 5.82 Å². The number of hydrogen-bond acceptors (Lipinski definition) is 3. The number of nitrogens with zero attached hydrogens (tertiary/aromatic N) is 2. The van der Waals surface area contributed by atoms with Crippen LogP contribution in [0.2, 0.25) is 0 Å². The van der Waals surface area contributed by atoms with Crippen molar-refractivity contribution in [3.63, 3.8) is 0 Å². The Morgan fingerprint density at radius 2 is 2.13 bits per heavy atom. The van der Waals surface area contributed by atoms with Crippen molar-refractivity contribution in [3.05, 3.63) is 11.6 Å². The van der Waals surface area contributed by atoms with Crippen LogP contribution in [0, 0.1) is 12.3 Å². The highest BCUT2D eigenvalue weighted by Gasteiger charge is 2.36. The molecule has 0 radical (unpaired) electrons. The second-order valence-corrected chi connectivity index (χ2v) is 2.56. The highest BCUT2D eigenvalue weighted by atomic mass is 35.5. The Balaban J connectivity index is 0.00000196. The maximum Gasteiger partial charge on any atom is 0.453 e. The van der Waals surface area contributed by atoms with E-state index in [2.05, 4.69) is 21.1 Å². The molecule has 1 aromatic heterocycles. The van der Waals surface area contributed by atoms with Gasteiger partial charge in [0, 0.05) is 6.42 Å². The minimum Gasteiger partial charge on any atom is -0.321 e. The van der Waals surface area contributed by atoms with Gasteiger partial charge in [-0.05, 0) is 0 Å². The minimum absolute atomic E-state index is 0. The van der Waals surface area contributed by atoms with Gasteiger partial charge in [-0.2, -0.15) is 13.2 Å². The van der Waals surface area contributed by atoms with Crippen molar-refractivity contribution in [2.45, 2.75) is 18.6 Å². The van der Waals surface area contributed by atoms with E-state index in [4.69, 9.17) is 12.2 Å². The van der Waals surface area contributed by atoms with Crippen LogP contribution >= 0.6 is 12.4 Å². The number of nitrogens with two attached hydrogens (primary N) is 1. The van der Waals surface area contributed by atoms with E-state index in [-0.39, 0.29) is 24.7 Å². The molecular formula is C7H8ClF3N4. The van der Waals surface area contributed by atoms with Gasteiger partial charge in [-0.25, -0.2) is 4.98 Å². The zero-order chi connectivity index (χ0) is 10.8. The molecule has 1 heterocycles.